The molecule has 0 aromatic carbocycles. The molecule has 1 amide bonds. The molecule has 0 bridgehead atoms. The summed E-state index contributed by atoms with van der Waals surface area (Å²) in [6.45, 7) is 3.15. The summed E-state index contributed by atoms with van der Waals surface area (Å²) in [7, 11) is 0. The number of nitrogens with zero attached hydrogens (tertiary/aromatic N) is 1. The Morgan fingerprint density at radius 3 is 2.68 bits per heavy atom. The van der Waals surface area contributed by atoms with Crippen molar-refractivity contribution in [3.8, 4) is 0 Å². The summed E-state index contributed by atoms with van der Waals surface area (Å²) in [5.41, 5.74) is 0. The number of hydrogen-bond donors (Lipinski definition) is 2. The van der Waals surface area contributed by atoms with Gasteiger partial charge in [0.25, 0.3) is 0 Å². The van der Waals surface area contributed by atoms with Gasteiger partial charge in [-0.1, -0.05) is 0 Å². The Morgan fingerprint density at radius 2 is 2.11 bits per heavy atom. The average molecular weight is 270 g/mol. The molecule has 2 saturated heterocycles. The second-order valence-corrected chi connectivity index (χ2v) is 5.32. The van der Waals surface area contributed by atoms with Gasteiger partial charge in [-0.15, -0.1) is 0 Å². The Morgan fingerprint density at radius 1 is 1.37 bits per heavy atom. The maximum atomic E-state index is 11.1. The lowest BCUT2D eigenvalue weighted by Crippen LogP contribution is -2.44. The summed E-state index contributed by atoms with van der Waals surface area (Å²) >= 11 is 0. The van der Waals surface area contributed by atoms with Crippen LogP contribution < -0.4 is 5.32 Å². The summed E-state index contributed by atoms with van der Waals surface area (Å²) in [6, 6.07) is 0.303. The zero-order valence-corrected chi connectivity index (χ0v) is 11.1. The third kappa shape index (κ3) is 4.80. The van der Waals surface area contributed by atoms with Crippen LogP contribution in [0.15, 0.2) is 0 Å². The summed E-state index contributed by atoms with van der Waals surface area (Å²) in [4.78, 5) is 23.9. The lowest BCUT2D eigenvalue weighted by atomic mass is 10.1. The predicted molar refractivity (Wildman–Crippen MR) is 68.8 cm³/mol. The highest BCUT2D eigenvalue weighted by molar-refractivity contribution is 5.78. The summed E-state index contributed by atoms with van der Waals surface area (Å²) in [6.07, 6.45) is 3.75. The monoisotopic (exact) mass is 270 g/mol. The fourth-order valence-electron chi connectivity index (χ4n) is 2.70. The molecule has 0 radical (unpaired) electrons. The van der Waals surface area contributed by atoms with Gasteiger partial charge in [-0.2, -0.15) is 0 Å². The molecule has 2 aliphatic heterocycles. The van der Waals surface area contributed by atoms with Gasteiger partial charge in [0.1, 0.15) is 0 Å². The van der Waals surface area contributed by atoms with E-state index in [4.69, 9.17) is 9.84 Å². The van der Waals surface area contributed by atoms with Gasteiger partial charge in [0, 0.05) is 32.1 Å². The lowest BCUT2D eigenvalue weighted by Gasteiger charge is -2.33. The number of ether oxygens (including phenoxy) is 1. The molecule has 0 spiro atoms. The quantitative estimate of drug-likeness (QED) is 0.722. The number of likely N-dealkylation sites (tertiary alicyclic amines) is 1. The Balaban J connectivity index is 1.59. The van der Waals surface area contributed by atoms with E-state index in [1.807, 2.05) is 0 Å². The lowest BCUT2D eigenvalue weighted by molar-refractivity contribution is -0.139. The molecule has 0 aliphatic carbocycles. The molecule has 0 saturated carbocycles. The number of aliphatic carboxylic acids is 1. The van der Waals surface area contributed by atoms with Crippen molar-refractivity contribution in [2.24, 2.45) is 0 Å². The highest BCUT2D eigenvalue weighted by Crippen LogP contribution is 2.16. The van der Waals surface area contributed by atoms with Gasteiger partial charge in [0.05, 0.1) is 19.1 Å². The van der Waals surface area contributed by atoms with E-state index in [1.54, 1.807) is 0 Å². The Hall–Kier alpha value is -1.14. The summed E-state index contributed by atoms with van der Waals surface area (Å²) < 4.78 is 5.55. The molecule has 2 rings (SSSR count). The van der Waals surface area contributed by atoms with Crippen molar-refractivity contribution < 1.29 is 19.4 Å². The Labute approximate surface area is 113 Å². The van der Waals surface area contributed by atoms with Crippen molar-refractivity contribution in [2.75, 3.05) is 26.2 Å². The maximum absolute atomic E-state index is 11.1. The number of carbonyl (C=O) groups excluding carboxylic acids is 1. The first-order valence-electron chi connectivity index (χ1n) is 6.98. The Bertz CT molecular complexity index is 327. The van der Waals surface area contributed by atoms with Crippen LogP contribution in [0.2, 0.25) is 0 Å². The first kappa shape index (κ1) is 14.3. The molecule has 1 unspecified atom stereocenters. The van der Waals surface area contributed by atoms with E-state index in [2.05, 4.69) is 10.2 Å². The molecule has 6 heteroatoms. The van der Waals surface area contributed by atoms with Crippen LogP contribution in [0.1, 0.15) is 32.1 Å². The van der Waals surface area contributed by atoms with Crippen LogP contribution in [0.25, 0.3) is 0 Å². The van der Waals surface area contributed by atoms with Crippen LogP contribution in [-0.4, -0.2) is 60.3 Å². The van der Waals surface area contributed by atoms with Crippen LogP contribution in [-0.2, 0) is 14.3 Å². The van der Waals surface area contributed by atoms with Crippen LogP contribution >= 0.6 is 0 Å². The smallest absolute Gasteiger partial charge is 0.305 e. The van der Waals surface area contributed by atoms with E-state index >= 15 is 0 Å². The van der Waals surface area contributed by atoms with E-state index in [0.29, 0.717) is 19.1 Å². The van der Waals surface area contributed by atoms with E-state index < -0.39 is 5.97 Å². The van der Waals surface area contributed by atoms with Crippen LogP contribution in [0.3, 0.4) is 0 Å². The number of carboxylic acid groups (broad SMARTS) is 1. The summed E-state index contributed by atoms with van der Waals surface area (Å²) in [5.74, 6) is -0.647. The fourth-order valence-corrected chi connectivity index (χ4v) is 2.70. The molecule has 2 fully saturated rings. The van der Waals surface area contributed by atoms with Crippen molar-refractivity contribution in [1.82, 2.24) is 10.2 Å². The highest BCUT2D eigenvalue weighted by Gasteiger charge is 2.26. The van der Waals surface area contributed by atoms with Gasteiger partial charge in [-0.05, 0) is 19.3 Å². The maximum Gasteiger partial charge on any atom is 0.305 e. The van der Waals surface area contributed by atoms with Gasteiger partial charge in [-0.3, -0.25) is 9.59 Å². The Kier molecular flexibility index (Phi) is 5.15. The molecule has 6 nitrogen and oxygen atoms in total. The minimum atomic E-state index is -0.811. The van der Waals surface area contributed by atoms with Gasteiger partial charge in [0.15, 0.2) is 0 Å². The largest absolute Gasteiger partial charge is 0.481 e. The van der Waals surface area contributed by atoms with Crippen molar-refractivity contribution >= 4 is 11.9 Å². The van der Waals surface area contributed by atoms with Crippen molar-refractivity contribution in [1.29, 1.82) is 0 Å². The third-order valence-corrected chi connectivity index (χ3v) is 3.77. The normalized spacial score (nSPS) is 25.5. The zero-order chi connectivity index (χ0) is 13.7. The number of piperidine rings is 1. The van der Waals surface area contributed by atoms with E-state index in [-0.39, 0.29) is 18.4 Å². The predicted octanol–water partition coefficient (Wildman–Crippen LogP) is 0.221. The molecule has 2 heterocycles. The number of hydrogen-bond acceptors (Lipinski definition) is 4. The van der Waals surface area contributed by atoms with Gasteiger partial charge in [-0.25, -0.2) is 0 Å². The minimum absolute atomic E-state index is 0.0777. The standard InChI is InChI=1S/C13H22N2O4/c16-12-2-1-10(14-12)9-15-6-3-11(4-7-15)19-8-5-13(17)18/h10-11H,1-9H2,(H,14,16)(H,17,18). The first-order valence-corrected chi connectivity index (χ1v) is 6.98. The number of rotatable bonds is 6. The summed E-state index contributed by atoms with van der Waals surface area (Å²) in [5, 5.41) is 11.5. The number of amides is 1. The second kappa shape index (κ2) is 6.86. The van der Waals surface area contributed by atoms with Gasteiger partial charge >= 0.3 is 5.97 Å². The molecular formula is C13H22N2O4. The molecule has 19 heavy (non-hydrogen) atoms. The average Bonchev–Trinajstić information content (AvgIpc) is 2.77. The highest BCUT2D eigenvalue weighted by atomic mass is 16.5. The topological polar surface area (TPSA) is 78.9 Å². The first-order chi connectivity index (χ1) is 9.13. The third-order valence-electron chi connectivity index (χ3n) is 3.77. The van der Waals surface area contributed by atoms with Crippen LogP contribution in [0, 0.1) is 0 Å². The number of carboxylic acids is 1. The van der Waals surface area contributed by atoms with Gasteiger partial charge in [0.2, 0.25) is 5.91 Å². The molecule has 0 aromatic rings. The van der Waals surface area contributed by atoms with Crippen LogP contribution in [0.5, 0.6) is 0 Å². The SMILES string of the molecule is O=C(O)CCOC1CCN(CC2CCC(=O)N2)CC1. The fraction of sp³-hybridized carbons (Fsp3) is 0.846. The minimum Gasteiger partial charge on any atom is -0.481 e. The van der Waals surface area contributed by atoms with Crippen molar-refractivity contribution in [2.45, 2.75) is 44.2 Å². The molecular weight excluding hydrogens is 248 g/mol. The number of nitrogens with one attached hydrogen (secondary N) is 1. The zero-order valence-electron chi connectivity index (χ0n) is 11.1. The molecule has 2 aliphatic rings. The van der Waals surface area contributed by atoms with Gasteiger partial charge < -0.3 is 20.1 Å². The van der Waals surface area contributed by atoms with E-state index in [1.165, 1.54) is 0 Å². The molecule has 0 aromatic heterocycles. The molecule has 108 valence electrons. The molecule has 1 atom stereocenters. The van der Waals surface area contributed by atoms with E-state index in [9.17, 15) is 9.59 Å². The number of carbonyl (C=O) groups is 2. The second-order valence-electron chi connectivity index (χ2n) is 5.32. The van der Waals surface area contributed by atoms with Crippen molar-refractivity contribution in [3.63, 3.8) is 0 Å². The van der Waals surface area contributed by atoms with Crippen molar-refractivity contribution in [3.05, 3.63) is 0 Å². The van der Waals surface area contributed by atoms with Crippen LogP contribution in [0.4, 0.5) is 0 Å². The molecule has 2 N–H and O–H groups in total. The van der Waals surface area contributed by atoms with E-state index in [0.717, 1.165) is 38.9 Å².